The topological polar surface area (TPSA) is 169 Å². The maximum absolute atomic E-state index is 13.8. The molecule has 14 heteroatoms. The molecule has 2 aliphatic heterocycles. The van der Waals surface area contributed by atoms with Gasteiger partial charge in [0.05, 0.1) is 33.2 Å². The Morgan fingerprint density at radius 2 is 1.69 bits per heavy atom. The quantitative estimate of drug-likeness (QED) is 0.121. The fourth-order valence-corrected chi connectivity index (χ4v) is 7.84. The zero-order valence-corrected chi connectivity index (χ0v) is 33.6. The first-order valence-electron chi connectivity index (χ1n) is 19.7. The molecule has 55 heavy (non-hydrogen) atoms. The van der Waals surface area contributed by atoms with Gasteiger partial charge in [0.1, 0.15) is 11.9 Å². The van der Waals surface area contributed by atoms with Crippen molar-refractivity contribution >= 4 is 40.8 Å². The van der Waals surface area contributed by atoms with E-state index in [-0.39, 0.29) is 36.6 Å². The van der Waals surface area contributed by atoms with Crippen LogP contribution in [0.3, 0.4) is 0 Å². The number of pyridine rings is 1. The number of benzene rings is 1. The number of aliphatic hydroxyl groups excluding tert-OH is 1. The fraction of sp³-hybridized carbons (Fsp3) is 0.561. The van der Waals surface area contributed by atoms with Crippen molar-refractivity contribution in [2.24, 2.45) is 5.41 Å². The van der Waals surface area contributed by atoms with Crippen LogP contribution < -0.4 is 26.2 Å². The van der Waals surface area contributed by atoms with Gasteiger partial charge in [-0.3, -0.25) is 19.2 Å². The van der Waals surface area contributed by atoms with Crippen molar-refractivity contribution in [2.45, 2.75) is 97.2 Å². The van der Waals surface area contributed by atoms with Gasteiger partial charge in [0.25, 0.3) is 5.91 Å². The Labute approximate surface area is 329 Å². The van der Waals surface area contributed by atoms with Gasteiger partial charge in [-0.2, -0.15) is 0 Å². The van der Waals surface area contributed by atoms with Crippen molar-refractivity contribution in [1.29, 1.82) is 0 Å². The van der Waals surface area contributed by atoms with Crippen LogP contribution in [-0.2, 0) is 20.8 Å². The monoisotopic (exact) mass is 774 g/mol. The van der Waals surface area contributed by atoms with Crippen LogP contribution in [0.4, 0.5) is 5.82 Å². The highest BCUT2D eigenvalue weighted by Crippen LogP contribution is 2.30. The Morgan fingerprint density at radius 3 is 2.38 bits per heavy atom. The second kappa shape index (κ2) is 20.0. The number of unbranched alkanes of at least 4 members (excludes halogenated alkanes) is 4. The minimum absolute atomic E-state index is 0.0740. The summed E-state index contributed by atoms with van der Waals surface area (Å²) in [6.07, 6.45) is 6.35. The van der Waals surface area contributed by atoms with Crippen LogP contribution in [0.1, 0.15) is 87.3 Å². The molecule has 2 aromatic heterocycles. The Kier molecular flexibility index (Phi) is 15.2. The Hall–Kier alpha value is -4.40. The number of aromatic nitrogens is 2. The summed E-state index contributed by atoms with van der Waals surface area (Å²) in [4.78, 5) is 66.1. The van der Waals surface area contributed by atoms with E-state index in [1.54, 1.807) is 31.4 Å². The van der Waals surface area contributed by atoms with Crippen molar-refractivity contribution in [1.82, 2.24) is 36.1 Å². The fourth-order valence-electron chi connectivity index (χ4n) is 7.03. The first kappa shape index (κ1) is 41.8. The van der Waals surface area contributed by atoms with Gasteiger partial charge in [-0.25, -0.2) is 9.97 Å². The lowest BCUT2D eigenvalue weighted by molar-refractivity contribution is -0.147. The van der Waals surface area contributed by atoms with Crippen LogP contribution in [-0.4, -0.2) is 108 Å². The van der Waals surface area contributed by atoms with Crippen molar-refractivity contribution in [3.63, 3.8) is 0 Å². The molecule has 13 nitrogen and oxygen atoms in total. The first-order valence-corrected chi connectivity index (χ1v) is 20.6. The molecule has 5 rings (SSSR count). The van der Waals surface area contributed by atoms with E-state index in [2.05, 4.69) is 48.3 Å². The molecule has 2 fully saturated rings. The maximum atomic E-state index is 13.8. The van der Waals surface area contributed by atoms with Gasteiger partial charge >= 0.3 is 0 Å². The van der Waals surface area contributed by atoms with Crippen molar-refractivity contribution in [3.05, 3.63) is 64.9 Å². The zero-order chi connectivity index (χ0) is 39.4. The molecule has 2 aliphatic rings. The molecular formula is C41H58N8O5S. The summed E-state index contributed by atoms with van der Waals surface area (Å²) in [6.45, 7) is 12.1. The Bertz CT molecular complexity index is 1720. The van der Waals surface area contributed by atoms with Crippen LogP contribution in [0.5, 0.6) is 0 Å². The van der Waals surface area contributed by atoms with Gasteiger partial charge in [0, 0.05) is 70.9 Å². The molecule has 0 bridgehead atoms. The average Bonchev–Trinajstić information content (AvgIpc) is 3.81. The minimum atomic E-state index is -0.996. The third kappa shape index (κ3) is 11.6. The lowest BCUT2D eigenvalue weighted by atomic mass is 9.83. The van der Waals surface area contributed by atoms with Gasteiger partial charge in [-0.05, 0) is 70.2 Å². The Balaban J connectivity index is 0.961. The summed E-state index contributed by atoms with van der Waals surface area (Å²) in [6, 6.07) is 10.7. The summed E-state index contributed by atoms with van der Waals surface area (Å²) in [5.41, 5.74) is 4.60. The molecule has 0 radical (unpaired) electrons. The van der Waals surface area contributed by atoms with E-state index in [1.807, 2.05) is 43.6 Å². The largest absolute Gasteiger partial charge is 0.391 e. The third-order valence-electron chi connectivity index (χ3n) is 10.8. The number of likely N-dealkylation sites (tertiary alicyclic amines) is 1. The SMILES string of the molecule is Cc1ncsc1-c1ccc(CCNC(=O)[C@@H]2C[C@@H](O)CN2C(=O)C(C)(C)[C@H](C)NC(=O)CCCCCCCNC(=O)c2ccc(N3CCNCC3)nc2)cc1. The molecule has 0 saturated carbocycles. The third-order valence-corrected chi connectivity index (χ3v) is 11.8. The summed E-state index contributed by atoms with van der Waals surface area (Å²) in [5.74, 6) is 0.0846. The van der Waals surface area contributed by atoms with Crippen molar-refractivity contribution in [2.75, 3.05) is 50.7 Å². The predicted molar refractivity (Wildman–Crippen MR) is 216 cm³/mol. The minimum Gasteiger partial charge on any atom is -0.391 e. The number of rotatable bonds is 18. The number of piperazine rings is 1. The zero-order valence-electron chi connectivity index (χ0n) is 32.7. The number of amides is 4. The number of carbonyl (C=O) groups excluding carboxylic acids is 4. The van der Waals surface area contributed by atoms with Crippen molar-refractivity contribution < 1.29 is 24.3 Å². The highest BCUT2D eigenvalue weighted by Gasteiger charge is 2.46. The summed E-state index contributed by atoms with van der Waals surface area (Å²) < 4.78 is 0. The van der Waals surface area contributed by atoms with Gasteiger partial charge in [0.15, 0.2) is 0 Å². The van der Waals surface area contributed by atoms with Gasteiger partial charge in [-0.1, -0.05) is 43.5 Å². The average molecular weight is 775 g/mol. The number of aryl methyl sites for hydroxylation is 1. The number of aliphatic hydroxyl groups is 1. The van der Waals surface area contributed by atoms with E-state index in [1.165, 1.54) is 4.90 Å². The standard InChI is InChI=1S/C41H58N8O5S/c1-28-37(55-27-46-28)31-13-11-30(12-14-31)17-19-44-39(53)34-24-33(50)26-49(34)40(54)41(3,4)29(2)47-36(51)10-8-6-5-7-9-18-43-38(52)32-15-16-35(45-25-32)48-22-20-42-21-23-48/h11-16,25,27,29,33-34,42,50H,5-10,17-24,26H2,1-4H3,(H,43,52)(H,44,53)(H,47,51)/t29-,33+,34-/m0/s1. The van der Waals surface area contributed by atoms with Gasteiger partial charge < -0.3 is 36.2 Å². The molecule has 3 aromatic rings. The van der Waals surface area contributed by atoms with E-state index >= 15 is 0 Å². The number of anilines is 1. The molecule has 4 heterocycles. The number of nitrogens with zero attached hydrogens (tertiary/aromatic N) is 4. The molecule has 0 unspecified atom stereocenters. The summed E-state index contributed by atoms with van der Waals surface area (Å²) in [5, 5.41) is 22.7. The number of thiazole rings is 1. The molecule has 5 N–H and O–H groups in total. The highest BCUT2D eigenvalue weighted by molar-refractivity contribution is 7.13. The van der Waals surface area contributed by atoms with Crippen LogP contribution in [0.15, 0.2) is 48.1 Å². The second-order valence-electron chi connectivity index (χ2n) is 15.3. The molecule has 0 aliphatic carbocycles. The maximum Gasteiger partial charge on any atom is 0.252 e. The normalized spacial score (nSPS) is 17.8. The summed E-state index contributed by atoms with van der Waals surface area (Å²) in [7, 11) is 0. The smallest absolute Gasteiger partial charge is 0.252 e. The predicted octanol–water partition coefficient (Wildman–Crippen LogP) is 3.85. The van der Waals surface area contributed by atoms with Gasteiger partial charge in [0.2, 0.25) is 17.7 Å². The summed E-state index contributed by atoms with van der Waals surface area (Å²) >= 11 is 1.61. The molecule has 1 aromatic carbocycles. The van der Waals surface area contributed by atoms with E-state index in [4.69, 9.17) is 0 Å². The molecule has 3 atom stereocenters. The lowest BCUT2D eigenvalue weighted by Gasteiger charge is -2.36. The van der Waals surface area contributed by atoms with Crippen LogP contribution in [0, 0.1) is 12.3 Å². The van der Waals surface area contributed by atoms with Crippen LogP contribution in [0.2, 0.25) is 0 Å². The van der Waals surface area contributed by atoms with E-state index < -0.39 is 23.6 Å². The van der Waals surface area contributed by atoms with Crippen LogP contribution in [0.25, 0.3) is 10.4 Å². The number of β-amino-alcohol motifs (C(OH)–C–C–N with tert-alkyl or cyclic N) is 1. The number of carbonyl (C=O) groups is 4. The van der Waals surface area contributed by atoms with E-state index in [0.717, 1.165) is 85.8 Å². The number of hydrogen-bond acceptors (Lipinski definition) is 10. The number of nitrogens with one attached hydrogen (secondary N) is 4. The molecule has 298 valence electrons. The second-order valence-corrected chi connectivity index (χ2v) is 16.1. The van der Waals surface area contributed by atoms with Gasteiger partial charge in [-0.15, -0.1) is 11.3 Å². The van der Waals surface area contributed by atoms with E-state index in [9.17, 15) is 24.3 Å². The molecule has 0 spiro atoms. The Morgan fingerprint density at radius 1 is 0.964 bits per heavy atom. The molecule has 2 saturated heterocycles. The van der Waals surface area contributed by atoms with Crippen molar-refractivity contribution in [3.8, 4) is 10.4 Å². The molecular weight excluding hydrogens is 717 g/mol. The number of hydrogen-bond donors (Lipinski definition) is 5. The van der Waals surface area contributed by atoms with E-state index in [0.29, 0.717) is 31.5 Å². The highest BCUT2D eigenvalue weighted by atomic mass is 32.1. The molecule has 4 amide bonds. The lowest BCUT2D eigenvalue weighted by Crippen LogP contribution is -2.55. The van der Waals surface area contributed by atoms with Crippen LogP contribution >= 0.6 is 11.3 Å². The first-order chi connectivity index (χ1) is 26.4.